The molecule has 2 heteroatoms. The Kier molecular flexibility index (Phi) is 2.96. The van der Waals surface area contributed by atoms with Gasteiger partial charge < -0.3 is 5.11 Å². The third-order valence-corrected chi connectivity index (χ3v) is 7.91. The Morgan fingerprint density at radius 3 is 2.67 bits per heavy atom. The second-order valence-corrected chi connectivity index (χ2v) is 8.61. The molecule has 0 aliphatic heterocycles. The van der Waals surface area contributed by atoms with Gasteiger partial charge in [-0.1, -0.05) is 19.4 Å². The second-order valence-electron chi connectivity index (χ2n) is 8.61. The summed E-state index contributed by atoms with van der Waals surface area (Å²) in [5.41, 5.74) is 1.89. The Morgan fingerprint density at radius 2 is 1.86 bits per heavy atom. The number of rotatable bonds is 0. The summed E-state index contributed by atoms with van der Waals surface area (Å²) in [6.07, 6.45) is 10.7. The van der Waals surface area contributed by atoms with Crippen molar-refractivity contribution in [3.8, 4) is 0 Å². The molecule has 2 nitrogen and oxygen atoms in total. The monoisotopic (exact) mass is 288 g/mol. The van der Waals surface area contributed by atoms with Gasteiger partial charge in [0, 0.05) is 6.42 Å². The van der Waals surface area contributed by atoms with E-state index in [9.17, 15) is 9.90 Å². The van der Waals surface area contributed by atoms with E-state index < -0.39 is 0 Å². The molecule has 4 aliphatic rings. The zero-order valence-electron chi connectivity index (χ0n) is 13.4. The van der Waals surface area contributed by atoms with Crippen LogP contribution in [0.5, 0.6) is 0 Å². The molecule has 0 heterocycles. The highest BCUT2D eigenvalue weighted by Crippen LogP contribution is 2.65. The number of aliphatic hydroxyl groups is 1. The van der Waals surface area contributed by atoms with Crippen LogP contribution in [0.1, 0.15) is 65.2 Å². The van der Waals surface area contributed by atoms with Crippen molar-refractivity contribution < 1.29 is 9.90 Å². The second kappa shape index (κ2) is 4.44. The number of aliphatic hydroxyl groups excluding tert-OH is 1. The molecule has 0 unspecified atom stereocenters. The van der Waals surface area contributed by atoms with E-state index in [1.165, 1.54) is 31.3 Å². The standard InChI is InChI=1S/C19H28O2/c1-18-9-7-13(20)11-12(18)3-4-14-15-5-6-17(21)19(15,2)10-8-16(14)18/h11,14-17,21H,3-10H2,1-2H3/t14-,15+,16+,17-,18+,19+/m1/s1. The summed E-state index contributed by atoms with van der Waals surface area (Å²) in [7, 11) is 0. The fourth-order valence-electron chi connectivity index (χ4n) is 6.53. The van der Waals surface area contributed by atoms with E-state index in [0.29, 0.717) is 11.7 Å². The summed E-state index contributed by atoms with van der Waals surface area (Å²) < 4.78 is 0. The third-order valence-electron chi connectivity index (χ3n) is 7.91. The number of carbonyl (C=O) groups excluding carboxylic acids is 1. The first-order chi connectivity index (χ1) is 9.95. The van der Waals surface area contributed by atoms with Gasteiger partial charge in [-0.25, -0.2) is 0 Å². The topological polar surface area (TPSA) is 37.3 Å². The van der Waals surface area contributed by atoms with E-state index in [0.717, 1.165) is 37.5 Å². The molecule has 0 saturated heterocycles. The van der Waals surface area contributed by atoms with E-state index >= 15 is 0 Å². The molecule has 3 saturated carbocycles. The Labute approximate surface area is 128 Å². The molecule has 0 bridgehead atoms. The molecule has 0 radical (unpaired) electrons. The van der Waals surface area contributed by atoms with Crippen LogP contribution >= 0.6 is 0 Å². The number of fused-ring (bicyclic) bond motifs is 5. The molecule has 0 amide bonds. The molecular formula is C19H28O2. The smallest absolute Gasteiger partial charge is 0.155 e. The minimum absolute atomic E-state index is 0.0823. The largest absolute Gasteiger partial charge is 0.393 e. The summed E-state index contributed by atoms with van der Waals surface area (Å²) in [5.74, 6) is 2.57. The highest BCUT2D eigenvalue weighted by atomic mass is 16.3. The zero-order chi connectivity index (χ0) is 14.8. The normalized spacial score (nSPS) is 52.7. The summed E-state index contributed by atoms with van der Waals surface area (Å²) in [6, 6.07) is 0. The molecule has 116 valence electrons. The maximum absolute atomic E-state index is 11.8. The maximum atomic E-state index is 11.8. The molecule has 1 N–H and O–H groups in total. The van der Waals surface area contributed by atoms with Gasteiger partial charge in [-0.05, 0) is 79.6 Å². The third kappa shape index (κ3) is 1.78. The van der Waals surface area contributed by atoms with Crippen LogP contribution in [-0.4, -0.2) is 17.0 Å². The van der Waals surface area contributed by atoms with Gasteiger partial charge in [-0.3, -0.25) is 4.79 Å². The van der Waals surface area contributed by atoms with Crippen molar-refractivity contribution in [1.82, 2.24) is 0 Å². The number of ketones is 1. The van der Waals surface area contributed by atoms with E-state index in [-0.39, 0.29) is 16.9 Å². The minimum Gasteiger partial charge on any atom is -0.393 e. The van der Waals surface area contributed by atoms with E-state index in [4.69, 9.17) is 0 Å². The lowest BCUT2D eigenvalue weighted by Gasteiger charge is -2.57. The van der Waals surface area contributed by atoms with E-state index in [1.54, 1.807) is 0 Å². The van der Waals surface area contributed by atoms with Gasteiger partial charge >= 0.3 is 0 Å². The lowest BCUT2D eigenvalue weighted by atomic mass is 9.47. The van der Waals surface area contributed by atoms with Crippen LogP contribution in [0.15, 0.2) is 11.6 Å². The van der Waals surface area contributed by atoms with Crippen molar-refractivity contribution in [2.24, 2.45) is 28.6 Å². The Morgan fingerprint density at radius 1 is 1.05 bits per heavy atom. The number of hydrogen-bond acceptors (Lipinski definition) is 2. The Hall–Kier alpha value is -0.630. The van der Waals surface area contributed by atoms with E-state index in [1.807, 2.05) is 6.08 Å². The van der Waals surface area contributed by atoms with Crippen molar-refractivity contribution >= 4 is 5.78 Å². The van der Waals surface area contributed by atoms with Gasteiger partial charge in [-0.2, -0.15) is 0 Å². The Bertz CT molecular complexity index is 508. The number of carbonyl (C=O) groups is 1. The van der Waals surface area contributed by atoms with Crippen molar-refractivity contribution in [2.45, 2.75) is 71.3 Å². The molecule has 4 aliphatic carbocycles. The summed E-state index contributed by atoms with van der Waals surface area (Å²) in [5, 5.41) is 10.4. The van der Waals surface area contributed by atoms with Gasteiger partial charge in [-0.15, -0.1) is 0 Å². The van der Waals surface area contributed by atoms with Gasteiger partial charge in [0.05, 0.1) is 6.10 Å². The molecule has 6 atom stereocenters. The van der Waals surface area contributed by atoms with E-state index in [2.05, 4.69) is 13.8 Å². The first-order valence-electron chi connectivity index (χ1n) is 8.87. The van der Waals surface area contributed by atoms with Crippen molar-refractivity contribution in [3.63, 3.8) is 0 Å². The van der Waals surface area contributed by atoms with Gasteiger partial charge in [0.25, 0.3) is 0 Å². The predicted octanol–water partition coefficient (Wildman–Crippen LogP) is 3.88. The fraction of sp³-hybridized carbons (Fsp3) is 0.842. The van der Waals surface area contributed by atoms with Crippen LogP contribution in [0.25, 0.3) is 0 Å². The molecule has 4 rings (SSSR count). The van der Waals surface area contributed by atoms with Crippen molar-refractivity contribution in [3.05, 3.63) is 11.6 Å². The van der Waals surface area contributed by atoms with Crippen molar-refractivity contribution in [2.75, 3.05) is 0 Å². The highest BCUT2D eigenvalue weighted by Gasteiger charge is 2.58. The summed E-state index contributed by atoms with van der Waals surface area (Å²) in [4.78, 5) is 11.8. The molecule has 0 aromatic rings. The van der Waals surface area contributed by atoms with Crippen LogP contribution in [0.3, 0.4) is 0 Å². The quantitative estimate of drug-likeness (QED) is 0.734. The molecular weight excluding hydrogens is 260 g/mol. The molecule has 21 heavy (non-hydrogen) atoms. The highest BCUT2D eigenvalue weighted by molar-refractivity contribution is 5.91. The van der Waals surface area contributed by atoms with Crippen LogP contribution in [0.2, 0.25) is 0 Å². The first kappa shape index (κ1) is 14.0. The van der Waals surface area contributed by atoms with Gasteiger partial charge in [0.15, 0.2) is 5.78 Å². The van der Waals surface area contributed by atoms with Crippen LogP contribution < -0.4 is 0 Å². The molecule has 3 fully saturated rings. The first-order valence-corrected chi connectivity index (χ1v) is 8.87. The zero-order valence-corrected chi connectivity index (χ0v) is 13.4. The molecule has 0 spiro atoms. The molecule has 0 aromatic heterocycles. The van der Waals surface area contributed by atoms with Crippen LogP contribution in [-0.2, 0) is 4.79 Å². The number of allylic oxidation sites excluding steroid dienone is 1. The van der Waals surface area contributed by atoms with Crippen LogP contribution in [0, 0.1) is 28.6 Å². The minimum atomic E-state index is -0.0823. The average molecular weight is 288 g/mol. The fourth-order valence-corrected chi connectivity index (χ4v) is 6.53. The Balaban J connectivity index is 1.69. The SMILES string of the molecule is C[C@]12CC[C@H]3[C@H](CCC4=CC(=O)CC[C@@]43C)[C@@H]1CC[C@H]2O. The summed E-state index contributed by atoms with van der Waals surface area (Å²) in [6.45, 7) is 4.76. The van der Waals surface area contributed by atoms with Gasteiger partial charge in [0.1, 0.15) is 0 Å². The number of hydrogen-bond donors (Lipinski definition) is 1. The predicted molar refractivity (Wildman–Crippen MR) is 82.7 cm³/mol. The average Bonchev–Trinajstić information content (AvgIpc) is 2.76. The lowest BCUT2D eigenvalue weighted by Crippen LogP contribution is -2.51. The van der Waals surface area contributed by atoms with Crippen molar-refractivity contribution in [1.29, 1.82) is 0 Å². The lowest BCUT2D eigenvalue weighted by molar-refractivity contribution is -0.118. The van der Waals surface area contributed by atoms with Gasteiger partial charge in [0.2, 0.25) is 0 Å². The van der Waals surface area contributed by atoms with Crippen LogP contribution in [0.4, 0.5) is 0 Å². The maximum Gasteiger partial charge on any atom is 0.155 e. The summed E-state index contributed by atoms with van der Waals surface area (Å²) >= 11 is 0. The molecule has 0 aromatic carbocycles.